The zero-order chi connectivity index (χ0) is 14.1. The lowest BCUT2D eigenvalue weighted by molar-refractivity contribution is -0.125. The minimum Gasteiger partial charge on any atom is -0.447 e. The van der Waals surface area contributed by atoms with Crippen molar-refractivity contribution < 1.29 is 19.1 Å². The average Bonchev–Trinajstić information content (AvgIpc) is 2.86. The maximum Gasteiger partial charge on any atom is 0.414 e. The van der Waals surface area contributed by atoms with Crippen molar-refractivity contribution in [1.29, 1.82) is 0 Å². The molecular formula is C13H13ClN2O4. The summed E-state index contributed by atoms with van der Waals surface area (Å²) >= 11 is 6.24. The van der Waals surface area contributed by atoms with E-state index in [1.165, 1.54) is 4.90 Å². The summed E-state index contributed by atoms with van der Waals surface area (Å²) in [5.74, 6) is -0.119. The van der Waals surface area contributed by atoms with Gasteiger partial charge in [-0.3, -0.25) is 9.69 Å². The number of cyclic esters (lactones) is 1. The molecular weight excluding hydrogens is 284 g/mol. The van der Waals surface area contributed by atoms with Crippen LogP contribution in [-0.2, 0) is 14.3 Å². The summed E-state index contributed by atoms with van der Waals surface area (Å²) in [4.78, 5) is 26.4. The smallest absolute Gasteiger partial charge is 0.414 e. The molecule has 2 heterocycles. The molecule has 0 bridgehead atoms. The monoisotopic (exact) mass is 296 g/mol. The van der Waals surface area contributed by atoms with E-state index in [0.29, 0.717) is 42.7 Å². The Bertz CT molecular complexity index is 563. The van der Waals surface area contributed by atoms with Crippen molar-refractivity contribution in [3.8, 4) is 0 Å². The second-order valence-electron chi connectivity index (χ2n) is 4.50. The van der Waals surface area contributed by atoms with Gasteiger partial charge in [-0.25, -0.2) is 4.79 Å². The quantitative estimate of drug-likeness (QED) is 0.833. The number of anilines is 2. The summed E-state index contributed by atoms with van der Waals surface area (Å²) in [6.45, 7) is 1.91. The van der Waals surface area contributed by atoms with Crippen LogP contribution in [0.25, 0.3) is 0 Å². The molecule has 0 aromatic heterocycles. The van der Waals surface area contributed by atoms with Gasteiger partial charge in [0.15, 0.2) is 0 Å². The maximum atomic E-state index is 11.8. The van der Waals surface area contributed by atoms with Crippen LogP contribution in [0, 0.1) is 0 Å². The van der Waals surface area contributed by atoms with E-state index in [1.807, 2.05) is 0 Å². The highest BCUT2D eigenvalue weighted by atomic mass is 35.5. The van der Waals surface area contributed by atoms with Gasteiger partial charge in [0.2, 0.25) is 0 Å². The van der Waals surface area contributed by atoms with Crippen LogP contribution in [-0.4, -0.2) is 44.9 Å². The first-order valence-electron chi connectivity index (χ1n) is 6.29. The van der Waals surface area contributed by atoms with Crippen LogP contribution in [0.5, 0.6) is 0 Å². The number of carbonyl (C=O) groups excluding carboxylic acids is 2. The fourth-order valence-corrected chi connectivity index (χ4v) is 2.56. The molecule has 0 aliphatic carbocycles. The van der Waals surface area contributed by atoms with Crippen molar-refractivity contribution in [2.45, 2.75) is 0 Å². The Kier molecular flexibility index (Phi) is 3.50. The number of ether oxygens (including phenoxy) is 2. The lowest BCUT2D eigenvalue weighted by Gasteiger charge is -2.28. The van der Waals surface area contributed by atoms with E-state index in [-0.39, 0.29) is 18.6 Å². The van der Waals surface area contributed by atoms with Gasteiger partial charge in [-0.05, 0) is 18.2 Å². The number of amides is 2. The van der Waals surface area contributed by atoms with Crippen LogP contribution in [0.3, 0.4) is 0 Å². The standard InChI is InChI=1S/C13H13ClN2O4/c14-10-7-9(15-4-6-20-13(15)18)1-2-11(10)16-3-5-19-8-12(16)17/h1-2,7H,3-6,8H2. The third kappa shape index (κ3) is 2.32. The molecule has 3 rings (SSSR count). The minimum atomic E-state index is -0.378. The van der Waals surface area contributed by atoms with E-state index < -0.39 is 0 Å². The van der Waals surface area contributed by atoms with Crippen molar-refractivity contribution in [1.82, 2.24) is 0 Å². The molecule has 0 radical (unpaired) electrons. The fraction of sp³-hybridized carbons (Fsp3) is 0.385. The Hall–Kier alpha value is -1.79. The normalized spacial score (nSPS) is 19.4. The van der Waals surface area contributed by atoms with E-state index in [9.17, 15) is 9.59 Å². The molecule has 2 fully saturated rings. The molecule has 0 N–H and O–H groups in total. The van der Waals surface area contributed by atoms with Gasteiger partial charge in [0, 0.05) is 12.2 Å². The van der Waals surface area contributed by atoms with Crippen molar-refractivity contribution >= 4 is 35.0 Å². The molecule has 1 aromatic carbocycles. The van der Waals surface area contributed by atoms with Crippen molar-refractivity contribution in [3.05, 3.63) is 23.2 Å². The molecule has 2 aliphatic rings. The maximum absolute atomic E-state index is 11.8. The average molecular weight is 297 g/mol. The molecule has 1 aromatic rings. The van der Waals surface area contributed by atoms with E-state index in [0.717, 1.165) is 0 Å². The molecule has 6 nitrogen and oxygen atoms in total. The predicted molar refractivity (Wildman–Crippen MR) is 73.3 cm³/mol. The summed E-state index contributed by atoms with van der Waals surface area (Å²) in [5.41, 5.74) is 1.30. The third-order valence-electron chi connectivity index (χ3n) is 3.28. The Labute approximate surface area is 120 Å². The van der Waals surface area contributed by atoms with Gasteiger partial charge in [-0.2, -0.15) is 0 Å². The molecule has 0 spiro atoms. The highest BCUT2D eigenvalue weighted by molar-refractivity contribution is 6.34. The second kappa shape index (κ2) is 5.30. The van der Waals surface area contributed by atoms with Gasteiger partial charge >= 0.3 is 6.09 Å². The minimum absolute atomic E-state index is 0.0660. The number of morpholine rings is 1. The van der Waals surface area contributed by atoms with E-state index in [4.69, 9.17) is 21.1 Å². The highest BCUT2D eigenvalue weighted by Gasteiger charge is 2.26. The Morgan fingerprint density at radius 2 is 1.90 bits per heavy atom. The number of benzene rings is 1. The second-order valence-corrected chi connectivity index (χ2v) is 4.91. The SMILES string of the molecule is O=C1OCCN1c1ccc(N2CCOCC2=O)c(Cl)c1. The van der Waals surface area contributed by atoms with Gasteiger partial charge in [0.25, 0.3) is 5.91 Å². The first-order chi connectivity index (χ1) is 9.66. The largest absolute Gasteiger partial charge is 0.447 e. The Morgan fingerprint density at radius 3 is 2.55 bits per heavy atom. The first-order valence-corrected chi connectivity index (χ1v) is 6.66. The lowest BCUT2D eigenvalue weighted by atomic mass is 10.2. The zero-order valence-electron chi connectivity index (χ0n) is 10.7. The van der Waals surface area contributed by atoms with Crippen LogP contribution in [0.1, 0.15) is 0 Å². The molecule has 20 heavy (non-hydrogen) atoms. The van der Waals surface area contributed by atoms with Gasteiger partial charge in [-0.1, -0.05) is 11.6 Å². The van der Waals surface area contributed by atoms with Crippen molar-refractivity contribution in [3.63, 3.8) is 0 Å². The molecule has 0 atom stereocenters. The van der Waals surface area contributed by atoms with Crippen molar-refractivity contribution in [2.24, 2.45) is 0 Å². The molecule has 7 heteroatoms. The Morgan fingerprint density at radius 1 is 1.10 bits per heavy atom. The summed E-state index contributed by atoms with van der Waals surface area (Å²) in [6.07, 6.45) is -0.378. The predicted octanol–water partition coefficient (Wildman–Crippen LogP) is 1.66. The van der Waals surface area contributed by atoms with Gasteiger partial charge in [0.05, 0.1) is 23.9 Å². The fourth-order valence-electron chi connectivity index (χ4n) is 2.28. The van der Waals surface area contributed by atoms with Gasteiger partial charge in [-0.15, -0.1) is 0 Å². The molecule has 0 unspecified atom stereocenters. The Balaban J connectivity index is 1.87. The zero-order valence-corrected chi connectivity index (χ0v) is 11.4. The summed E-state index contributed by atoms with van der Waals surface area (Å²) in [7, 11) is 0. The number of hydrogen-bond acceptors (Lipinski definition) is 4. The van der Waals surface area contributed by atoms with Gasteiger partial charge in [0.1, 0.15) is 13.2 Å². The van der Waals surface area contributed by atoms with E-state index >= 15 is 0 Å². The van der Waals surface area contributed by atoms with Crippen LogP contribution in [0.4, 0.5) is 16.2 Å². The van der Waals surface area contributed by atoms with Crippen LogP contribution in [0.2, 0.25) is 5.02 Å². The van der Waals surface area contributed by atoms with Crippen LogP contribution in [0.15, 0.2) is 18.2 Å². The third-order valence-corrected chi connectivity index (χ3v) is 3.58. The molecule has 2 aliphatic heterocycles. The van der Waals surface area contributed by atoms with E-state index in [2.05, 4.69) is 0 Å². The number of hydrogen-bond donors (Lipinski definition) is 0. The van der Waals surface area contributed by atoms with Gasteiger partial charge < -0.3 is 14.4 Å². The first kappa shape index (κ1) is 13.2. The number of halogens is 1. The number of nitrogens with zero attached hydrogens (tertiary/aromatic N) is 2. The lowest BCUT2D eigenvalue weighted by Crippen LogP contribution is -2.41. The number of carbonyl (C=O) groups is 2. The molecule has 2 saturated heterocycles. The van der Waals surface area contributed by atoms with E-state index in [1.54, 1.807) is 23.1 Å². The summed E-state index contributed by atoms with van der Waals surface area (Å²) in [5, 5.41) is 0.428. The summed E-state index contributed by atoms with van der Waals surface area (Å²) in [6, 6.07) is 5.18. The molecule has 2 amide bonds. The molecule has 0 saturated carbocycles. The van der Waals surface area contributed by atoms with Crippen LogP contribution >= 0.6 is 11.6 Å². The van der Waals surface area contributed by atoms with Crippen LogP contribution < -0.4 is 9.80 Å². The molecule has 106 valence electrons. The van der Waals surface area contributed by atoms with Crippen molar-refractivity contribution in [2.75, 3.05) is 42.7 Å². The topological polar surface area (TPSA) is 59.1 Å². The number of rotatable bonds is 2. The highest BCUT2D eigenvalue weighted by Crippen LogP contribution is 2.32. The summed E-state index contributed by atoms with van der Waals surface area (Å²) < 4.78 is 9.97.